The SMILES string of the molecule is CCN(Cc1ccc(C(=O)Nc2cccc(C(=O)NC3CC3)c2)cc1)C(C)C. The molecule has 0 saturated heterocycles. The molecule has 5 heteroatoms. The van der Waals surface area contributed by atoms with Gasteiger partial charge in [-0.1, -0.05) is 25.1 Å². The van der Waals surface area contributed by atoms with Gasteiger partial charge < -0.3 is 10.6 Å². The first kappa shape index (κ1) is 20.1. The summed E-state index contributed by atoms with van der Waals surface area (Å²) in [5.41, 5.74) is 2.97. The third-order valence-electron chi connectivity index (χ3n) is 5.03. The summed E-state index contributed by atoms with van der Waals surface area (Å²) in [7, 11) is 0. The highest BCUT2D eigenvalue weighted by Gasteiger charge is 2.23. The maximum absolute atomic E-state index is 12.6. The Morgan fingerprint density at radius 1 is 1.04 bits per heavy atom. The van der Waals surface area contributed by atoms with Crippen LogP contribution in [0.4, 0.5) is 5.69 Å². The number of amides is 2. The van der Waals surface area contributed by atoms with Gasteiger partial charge in [-0.25, -0.2) is 0 Å². The van der Waals surface area contributed by atoms with Gasteiger partial charge in [-0.2, -0.15) is 0 Å². The van der Waals surface area contributed by atoms with Crippen molar-refractivity contribution >= 4 is 17.5 Å². The van der Waals surface area contributed by atoms with Gasteiger partial charge in [0.2, 0.25) is 0 Å². The largest absolute Gasteiger partial charge is 0.349 e. The van der Waals surface area contributed by atoms with Crippen molar-refractivity contribution in [2.75, 3.05) is 11.9 Å². The topological polar surface area (TPSA) is 61.4 Å². The van der Waals surface area contributed by atoms with Crippen LogP contribution in [-0.4, -0.2) is 35.3 Å². The minimum Gasteiger partial charge on any atom is -0.349 e. The molecule has 2 N–H and O–H groups in total. The molecule has 148 valence electrons. The van der Waals surface area contributed by atoms with Crippen molar-refractivity contribution in [1.82, 2.24) is 10.2 Å². The summed E-state index contributed by atoms with van der Waals surface area (Å²) in [6.07, 6.45) is 2.09. The van der Waals surface area contributed by atoms with E-state index >= 15 is 0 Å². The Balaban J connectivity index is 1.62. The van der Waals surface area contributed by atoms with Crippen molar-refractivity contribution in [2.24, 2.45) is 0 Å². The second-order valence-corrected chi connectivity index (χ2v) is 7.64. The third-order valence-corrected chi connectivity index (χ3v) is 5.03. The van der Waals surface area contributed by atoms with Gasteiger partial charge in [0.1, 0.15) is 0 Å². The van der Waals surface area contributed by atoms with Crippen LogP contribution in [-0.2, 0) is 6.54 Å². The molecule has 2 aromatic carbocycles. The predicted molar refractivity (Wildman–Crippen MR) is 113 cm³/mol. The maximum Gasteiger partial charge on any atom is 0.255 e. The number of anilines is 1. The van der Waals surface area contributed by atoms with Crippen molar-refractivity contribution in [3.05, 3.63) is 65.2 Å². The van der Waals surface area contributed by atoms with E-state index < -0.39 is 0 Å². The van der Waals surface area contributed by atoms with Crippen LogP contribution < -0.4 is 10.6 Å². The lowest BCUT2D eigenvalue weighted by molar-refractivity contribution is 0.0949. The zero-order valence-electron chi connectivity index (χ0n) is 16.9. The third kappa shape index (κ3) is 5.42. The van der Waals surface area contributed by atoms with E-state index in [4.69, 9.17) is 0 Å². The first-order valence-electron chi connectivity index (χ1n) is 10.0. The van der Waals surface area contributed by atoms with Crippen molar-refractivity contribution in [3.8, 4) is 0 Å². The van der Waals surface area contributed by atoms with Crippen LogP contribution in [0.1, 0.15) is 59.9 Å². The Labute approximate surface area is 167 Å². The van der Waals surface area contributed by atoms with E-state index in [9.17, 15) is 9.59 Å². The average molecular weight is 380 g/mol. The molecule has 0 atom stereocenters. The second kappa shape index (κ2) is 9.02. The van der Waals surface area contributed by atoms with Crippen LogP contribution in [0.25, 0.3) is 0 Å². The molecule has 5 nitrogen and oxygen atoms in total. The van der Waals surface area contributed by atoms with Gasteiger partial charge in [-0.3, -0.25) is 14.5 Å². The lowest BCUT2D eigenvalue weighted by atomic mass is 10.1. The van der Waals surface area contributed by atoms with Gasteiger partial charge in [0.05, 0.1) is 0 Å². The van der Waals surface area contributed by atoms with Gasteiger partial charge in [0, 0.05) is 35.4 Å². The van der Waals surface area contributed by atoms with Crippen LogP contribution >= 0.6 is 0 Å². The zero-order chi connectivity index (χ0) is 20.1. The van der Waals surface area contributed by atoms with Crippen molar-refractivity contribution in [3.63, 3.8) is 0 Å². The molecule has 28 heavy (non-hydrogen) atoms. The van der Waals surface area contributed by atoms with Crippen LogP contribution in [0.5, 0.6) is 0 Å². The van der Waals surface area contributed by atoms with Gasteiger partial charge in [-0.05, 0) is 69.1 Å². The Kier molecular flexibility index (Phi) is 6.47. The molecule has 1 aliphatic carbocycles. The number of carbonyl (C=O) groups excluding carboxylic acids is 2. The number of benzene rings is 2. The van der Waals surface area contributed by atoms with E-state index in [1.54, 1.807) is 24.3 Å². The number of carbonyl (C=O) groups is 2. The highest BCUT2D eigenvalue weighted by molar-refractivity contribution is 6.05. The summed E-state index contributed by atoms with van der Waals surface area (Å²) in [6.45, 7) is 8.38. The number of hydrogen-bond acceptors (Lipinski definition) is 3. The van der Waals surface area contributed by atoms with E-state index in [1.807, 2.05) is 24.3 Å². The lowest BCUT2D eigenvalue weighted by Crippen LogP contribution is -2.29. The molecule has 2 amide bonds. The highest BCUT2D eigenvalue weighted by atomic mass is 16.2. The summed E-state index contributed by atoms with van der Waals surface area (Å²) in [4.78, 5) is 27.1. The number of hydrogen-bond donors (Lipinski definition) is 2. The van der Waals surface area contributed by atoms with Crippen molar-refractivity contribution in [2.45, 2.75) is 52.2 Å². The van der Waals surface area contributed by atoms with Crippen LogP contribution in [0.3, 0.4) is 0 Å². The Hall–Kier alpha value is -2.66. The minimum atomic E-state index is -0.178. The molecule has 3 rings (SSSR count). The first-order valence-corrected chi connectivity index (χ1v) is 10.0. The summed E-state index contributed by atoms with van der Waals surface area (Å²) in [5.74, 6) is -0.268. The number of nitrogens with one attached hydrogen (secondary N) is 2. The molecule has 0 aromatic heterocycles. The Morgan fingerprint density at radius 2 is 1.75 bits per heavy atom. The predicted octanol–water partition coefficient (Wildman–Crippen LogP) is 4.06. The van der Waals surface area contributed by atoms with Crippen LogP contribution in [0, 0.1) is 0 Å². The summed E-state index contributed by atoms with van der Waals surface area (Å²) >= 11 is 0. The van der Waals surface area contributed by atoms with Crippen LogP contribution in [0.2, 0.25) is 0 Å². The quantitative estimate of drug-likeness (QED) is 0.727. The molecule has 1 saturated carbocycles. The summed E-state index contributed by atoms with van der Waals surface area (Å²) in [6, 6.07) is 15.5. The fourth-order valence-corrected chi connectivity index (χ4v) is 3.09. The molecule has 0 aliphatic heterocycles. The molecule has 0 radical (unpaired) electrons. The Morgan fingerprint density at radius 3 is 2.36 bits per heavy atom. The molecule has 0 heterocycles. The van der Waals surface area contributed by atoms with E-state index in [0.717, 1.165) is 25.9 Å². The molecule has 0 spiro atoms. The van der Waals surface area contributed by atoms with Crippen molar-refractivity contribution < 1.29 is 9.59 Å². The summed E-state index contributed by atoms with van der Waals surface area (Å²) < 4.78 is 0. The van der Waals surface area contributed by atoms with E-state index in [-0.39, 0.29) is 11.8 Å². The molecule has 1 aliphatic rings. The number of rotatable bonds is 8. The second-order valence-electron chi connectivity index (χ2n) is 7.64. The molecule has 0 unspecified atom stereocenters. The fourth-order valence-electron chi connectivity index (χ4n) is 3.09. The summed E-state index contributed by atoms with van der Waals surface area (Å²) in [5, 5.41) is 5.84. The maximum atomic E-state index is 12.6. The normalized spacial score (nSPS) is 13.6. The van der Waals surface area contributed by atoms with Gasteiger partial charge in [0.25, 0.3) is 11.8 Å². The molecular weight excluding hydrogens is 350 g/mol. The Bertz CT molecular complexity index is 826. The highest BCUT2D eigenvalue weighted by Crippen LogP contribution is 2.20. The van der Waals surface area contributed by atoms with E-state index in [1.165, 1.54) is 5.56 Å². The van der Waals surface area contributed by atoms with E-state index in [0.29, 0.717) is 28.9 Å². The van der Waals surface area contributed by atoms with Crippen LogP contribution in [0.15, 0.2) is 48.5 Å². The van der Waals surface area contributed by atoms with Crippen molar-refractivity contribution in [1.29, 1.82) is 0 Å². The standard InChI is InChI=1S/C23H29N3O2/c1-4-26(16(2)3)15-17-8-10-18(11-9-17)22(27)25-21-7-5-6-19(14-21)23(28)24-20-12-13-20/h5-11,14,16,20H,4,12-13,15H2,1-3H3,(H,24,28)(H,25,27). The zero-order valence-corrected chi connectivity index (χ0v) is 16.9. The molecule has 2 aromatic rings. The molecular formula is C23H29N3O2. The number of nitrogens with zero attached hydrogens (tertiary/aromatic N) is 1. The van der Waals surface area contributed by atoms with Gasteiger partial charge >= 0.3 is 0 Å². The smallest absolute Gasteiger partial charge is 0.255 e. The molecule has 1 fully saturated rings. The minimum absolute atomic E-state index is 0.0893. The van der Waals surface area contributed by atoms with Gasteiger partial charge in [0.15, 0.2) is 0 Å². The van der Waals surface area contributed by atoms with E-state index in [2.05, 4.69) is 36.3 Å². The monoisotopic (exact) mass is 379 g/mol. The first-order chi connectivity index (χ1) is 13.5. The molecule has 0 bridgehead atoms. The lowest BCUT2D eigenvalue weighted by Gasteiger charge is -2.24. The average Bonchev–Trinajstić information content (AvgIpc) is 3.50. The fraction of sp³-hybridized carbons (Fsp3) is 0.391. The van der Waals surface area contributed by atoms with Gasteiger partial charge in [-0.15, -0.1) is 0 Å².